The molecule has 0 bridgehead atoms. The van der Waals surface area contributed by atoms with Gasteiger partial charge in [0, 0.05) is 57.0 Å². The fraction of sp³-hybridized carbons (Fsp3) is 0.316. The highest BCUT2D eigenvalue weighted by atomic mass is 35.5. The van der Waals surface area contributed by atoms with Gasteiger partial charge < -0.3 is 9.47 Å². The summed E-state index contributed by atoms with van der Waals surface area (Å²) in [7, 11) is 1.71. The van der Waals surface area contributed by atoms with Crippen molar-refractivity contribution >= 4 is 17.3 Å². The largest absolute Gasteiger partial charge is 0.368 e. The molecule has 0 radical (unpaired) electrons. The first-order valence-electron chi connectivity index (χ1n) is 8.92. The number of hydrogen-bond donors (Lipinski definition) is 0. The van der Waals surface area contributed by atoms with Gasteiger partial charge in [0.1, 0.15) is 12.4 Å². The highest BCUT2D eigenvalue weighted by Crippen LogP contribution is 2.41. The van der Waals surface area contributed by atoms with Crippen molar-refractivity contribution in [3.8, 4) is 17.3 Å². The molecule has 7 nitrogen and oxygen atoms in total. The summed E-state index contributed by atoms with van der Waals surface area (Å²) in [4.78, 5) is 9.92. The molecule has 4 rings (SSSR count). The minimum absolute atomic E-state index is 0.136. The van der Waals surface area contributed by atoms with Crippen LogP contribution in [-0.4, -0.2) is 37.8 Å². The lowest BCUT2D eigenvalue weighted by Crippen LogP contribution is -2.42. The second-order valence-corrected chi connectivity index (χ2v) is 7.28. The molecular weight excluding hydrogens is 400 g/mol. The minimum Gasteiger partial charge on any atom is -0.368 e. The van der Waals surface area contributed by atoms with Crippen LogP contribution in [0.4, 0.5) is 14.5 Å². The number of nitriles is 1. The van der Waals surface area contributed by atoms with Gasteiger partial charge in [-0.25, -0.2) is 9.37 Å². The molecule has 0 saturated carbocycles. The van der Waals surface area contributed by atoms with Crippen LogP contribution in [0.1, 0.15) is 24.2 Å². The predicted octanol–water partition coefficient (Wildman–Crippen LogP) is 3.40. The van der Waals surface area contributed by atoms with Crippen LogP contribution in [0.3, 0.4) is 0 Å². The van der Waals surface area contributed by atoms with E-state index in [1.54, 1.807) is 17.7 Å². The standard InChI is InChI=1S/C19H16ClF2N7/c1-28-11-26-27-18(28)19(22)3-6-29(7-4-19)17-12(9-23)2-5-24-16(17)13-10-25-15(21)8-14(13)20/h2,5,8,10-11H,3-4,6-7H2,1H3. The Labute approximate surface area is 170 Å². The third-order valence-corrected chi connectivity index (χ3v) is 5.42. The third-order valence-electron chi connectivity index (χ3n) is 5.10. The predicted molar refractivity (Wildman–Crippen MR) is 102 cm³/mol. The number of pyridine rings is 2. The van der Waals surface area contributed by atoms with Gasteiger partial charge in [0.25, 0.3) is 0 Å². The van der Waals surface area contributed by atoms with Gasteiger partial charge in [0.2, 0.25) is 5.95 Å². The van der Waals surface area contributed by atoms with Crippen LogP contribution in [0, 0.1) is 17.3 Å². The molecule has 4 heterocycles. The summed E-state index contributed by atoms with van der Waals surface area (Å²) in [5, 5.41) is 17.4. The van der Waals surface area contributed by atoms with Crippen molar-refractivity contribution in [3.63, 3.8) is 0 Å². The number of alkyl halides is 1. The van der Waals surface area contributed by atoms with Crippen LogP contribution in [-0.2, 0) is 12.7 Å². The first kappa shape index (κ1) is 19.2. The monoisotopic (exact) mass is 415 g/mol. The summed E-state index contributed by atoms with van der Waals surface area (Å²) in [5.41, 5.74) is 0.120. The topological polar surface area (TPSA) is 83.5 Å². The third kappa shape index (κ3) is 3.40. The van der Waals surface area contributed by atoms with Gasteiger partial charge >= 0.3 is 0 Å². The average Bonchev–Trinajstić information content (AvgIpc) is 3.15. The van der Waals surface area contributed by atoms with E-state index in [1.165, 1.54) is 18.7 Å². The summed E-state index contributed by atoms with van der Waals surface area (Å²) in [6.45, 7) is 0.673. The molecule has 0 spiro atoms. The molecular formula is C19H16ClF2N7. The molecule has 3 aromatic heterocycles. The van der Waals surface area contributed by atoms with Gasteiger partial charge in [0.15, 0.2) is 11.5 Å². The summed E-state index contributed by atoms with van der Waals surface area (Å²) in [6.07, 6.45) is 4.59. The van der Waals surface area contributed by atoms with Crippen molar-refractivity contribution in [1.29, 1.82) is 5.26 Å². The molecule has 1 saturated heterocycles. The van der Waals surface area contributed by atoms with E-state index in [0.717, 1.165) is 6.07 Å². The lowest BCUT2D eigenvalue weighted by Gasteiger charge is -2.37. The zero-order valence-corrected chi connectivity index (χ0v) is 16.2. The molecule has 3 aromatic rings. The molecule has 0 atom stereocenters. The van der Waals surface area contributed by atoms with E-state index in [9.17, 15) is 9.65 Å². The highest BCUT2D eigenvalue weighted by Gasteiger charge is 2.41. The zero-order chi connectivity index (χ0) is 20.6. The number of aromatic nitrogens is 5. The van der Waals surface area contributed by atoms with Crippen LogP contribution in [0.5, 0.6) is 0 Å². The van der Waals surface area contributed by atoms with E-state index in [0.29, 0.717) is 35.6 Å². The molecule has 1 aliphatic rings. The van der Waals surface area contributed by atoms with Crippen LogP contribution < -0.4 is 4.90 Å². The number of hydrogen-bond acceptors (Lipinski definition) is 6. The summed E-state index contributed by atoms with van der Waals surface area (Å²) >= 11 is 6.20. The molecule has 1 aliphatic heterocycles. The molecule has 0 N–H and O–H groups in total. The number of nitrogens with zero attached hydrogens (tertiary/aromatic N) is 7. The maximum absolute atomic E-state index is 15.5. The van der Waals surface area contributed by atoms with Crippen LogP contribution in [0.15, 0.2) is 30.9 Å². The Morgan fingerprint density at radius 3 is 2.66 bits per heavy atom. The Morgan fingerprint density at radius 1 is 1.28 bits per heavy atom. The zero-order valence-electron chi connectivity index (χ0n) is 15.5. The van der Waals surface area contributed by atoms with Crippen LogP contribution in [0.2, 0.25) is 5.02 Å². The molecule has 0 aliphatic carbocycles. The maximum Gasteiger partial charge on any atom is 0.214 e. The van der Waals surface area contributed by atoms with E-state index < -0.39 is 11.6 Å². The molecule has 29 heavy (non-hydrogen) atoms. The SMILES string of the molecule is Cn1cnnc1C1(F)CCN(c2c(C#N)ccnc2-c2cnc(F)cc2Cl)CC1. The Balaban J connectivity index is 1.71. The first-order chi connectivity index (χ1) is 13.9. The summed E-state index contributed by atoms with van der Waals surface area (Å²) < 4.78 is 30.5. The van der Waals surface area contributed by atoms with Crippen molar-refractivity contribution < 1.29 is 8.78 Å². The van der Waals surface area contributed by atoms with Gasteiger partial charge in [-0.05, 0) is 6.07 Å². The number of rotatable bonds is 3. The minimum atomic E-state index is -1.61. The van der Waals surface area contributed by atoms with Gasteiger partial charge in [-0.2, -0.15) is 9.65 Å². The summed E-state index contributed by atoms with van der Waals surface area (Å²) in [6, 6.07) is 4.83. The summed E-state index contributed by atoms with van der Waals surface area (Å²) in [5.74, 6) is -0.421. The molecule has 0 aromatic carbocycles. The van der Waals surface area contributed by atoms with Gasteiger partial charge in [0.05, 0.1) is 22.0 Å². The van der Waals surface area contributed by atoms with E-state index in [-0.39, 0.29) is 23.7 Å². The van der Waals surface area contributed by atoms with Crippen molar-refractivity contribution in [3.05, 3.63) is 53.2 Å². The molecule has 0 unspecified atom stereocenters. The van der Waals surface area contributed by atoms with E-state index in [1.807, 2.05) is 4.90 Å². The Bertz CT molecular complexity index is 1100. The fourth-order valence-electron chi connectivity index (χ4n) is 3.64. The van der Waals surface area contributed by atoms with Crippen molar-refractivity contribution in [1.82, 2.24) is 24.7 Å². The Morgan fingerprint density at radius 2 is 2.03 bits per heavy atom. The van der Waals surface area contributed by atoms with Crippen LogP contribution in [0.25, 0.3) is 11.3 Å². The van der Waals surface area contributed by atoms with Crippen LogP contribution >= 0.6 is 11.6 Å². The number of aryl methyl sites for hydroxylation is 1. The smallest absolute Gasteiger partial charge is 0.214 e. The first-order valence-corrected chi connectivity index (χ1v) is 9.29. The molecule has 1 fully saturated rings. The van der Waals surface area contributed by atoms with Crippen molar-refractivity contribution in [2.24, 2.45) is 7.05 Å². The molecule has 10 heteroatoms. The second kappa shape index (κ2) is 7.37. The fourth-order valence-corrected chi connectivity index (χ4v) is 3.87. The number of piperidine rings is 1. The van der Waals surface area contributed by atoms with Crippen molar-refractivity contribution in [2.75, 3.05) is 18.0 Å². The molecule has 0 amide bonds. The Hall–Kier alpha value is -3.12. The van der Waals surface area contributed by atoms with Gasteiger partial charge in [-0.3, -0.25) is 4.98 Å². The maximum atomic E-state index is 15.5. The highest BCUT2D eigenvalue weighted by molar-refractivity contribution is 6.33. The van der Waals surface area contributed by atoms with E-state index >= 15 is 4.39 Å². The van der Waals surface area contributed by atoms with Gasteiger partial charge in [-0.15, -0.1) is 10.2 Å². The normalized spacial score (nSPS) is 15.9. The number of halogens is 3. The lowest BCUT2D eigenvalue weighted by molar-refractivity contribution is 0.109. The van der Waals surface area contributed by atoms with E-state index in [4.69, 9.17) is 11.6 Å². The van der Waals surface area contributed by atoms with E-state index in [2.05, 4.69) is 26.2 Å². The lowest BCUT2D eigenvalue weighted by atomic mass is 9.91. The van der Waals surface area contributed by atoms with Crippen molar-refractivity contribution in [2.45, 2.75) is 18.5 Å². The average molecular weight is 416 g/mol. The quantitative estimate of drug-likeness (QED) is 0.609. The van der Waals surface area contributed by atoms with Gasteiger partial charge in [-0.1, -0.05) is 11.6 Å². The second-order valence-electron chi connectivity index (χ2n) is 6.87. The Kier molecular flexibility index (Phi) is 4.88. The number of anilines is 1. The molecule has 148 valence electrons.